The van der Waals surface area contributed by atoms with Gasteiger partial charge in [0.25, 0.3) is 0 Å². The molecular formula is C26H44O4. The molecule has 0 bridgehead atoms. The molecule has 4 aliphatic carbocycles. The third-order valence-corrected chi connectivity index (χ3v) is 9.87. The highest BCUT2D eigenvalue weighted by Gasteiger charge is 2.59. The van der Waals surface area contributed by atoms with Gasteiger partial charge in [0.2, 0.25) is 0 Å². The molecule has 0 amide bonds. The van der Waals surface area contributed by atoms with E-state index >= 15 is 0 Å². The third kappa shape index (κ3) is 4.08. The average molecular weight is 421 g/mol. The van der Waals surface area contributed by atoms with Crippen molar-refractivity contribution < 1.29 is 19.7 Å². The minimum absolute atomic E-state index is 0.0334. The quantitative estimate of drug-likeness (QED) is 0.617. The average Bonchev–Trinajstić information content (AvgIpc) is 3.02. The molecule has 0 unspecified atom stereocenters. The summed E-state index contributed by atoms with van der Waals surface area (Å²) in [4.78, 5) is 12.1. The number of carbonyl (C=O) groups excluding carboxylic acids is 1. The van der Waals surface area contributed by atoms with Crippen LogP contribution < -0.4 is 0 Å². The van der Waals surface area contributed by atoms with Crippen molar-refractivity contribution in [3.8, 4) is 0 Å². The molecule has 4 saturated carbocycles. The van der Waals surface area contributed by atoms with Gasteiger partial charge < -0.3 is 14.9 Å². The molecule has 4 nitrogen and oxygen atoms in total. The van der Waals surface area contributed by atoms with Gasteiger partial charge in [-0.1, -0.05) is 13.8 Å². The molecule has 2 N–H and O–H groups in total. The van der Waals surface area contributed by atoms with E-state index in [1.807, 2.05) is 13.8 Å². The molecule has 0 radical (unpaired) electrons. The lowest BCUT2D eigenvalue weighted by molar-refractivity contribution is -0.148. The van der Waals surface area contributed by atoms with Crippen LogP contribution in [0.3, 0.4) is 0 Å². The summed E-state index contributed by atoms with van der Waals surface area (Å²) >= 11 is 0. The second-order valence-electron chi connectivity index (χ2n) is 11.8. The molecule has 0 saturated heterocycles. The number of hydrogen-bond acceptors (Lipinski definition) is 4. The van der Waals surface area contributed by atoms with Crippen molar-refractivity contribution in [3.63, 3.8) is 0 Å². The Balaban J connectivity index is 1.43. The first kappa shape index (κ1) is 22.6. The lowest BCUT2D eigenvalue weighted by Gasteiger charge is -2.58. The van der Waals surface area contributed by atoms with Gasteiger partial charge >= 0.3 is 5.97 Å². The zero-order valence-electron chi connectivity index (χ0n) is 19.6. The molecule has 0 aliphatic heterocycles. The summed E-state index contributed by atoms with van der Waals surface area (Å²) in [5.41, 5.74) is 0.296. The van der Waals surface area contributed by atoms with Crippen LogP contribution in [0.5, 0.6) is 0 Å². The lowest BCUT2D eigenvalue weighted by atomic mass is 9.48. The summed E-state index contributed by atoms with van der Waals surface area (Å²) < 4.78 is 5.35. The van der Waals surface area contributed by atoms with Crippen molar-refractivity contribution >= 4 is 5.97 Å². The maximum Gasteiger partial charge on any atom is 0.306 e. The van der Waals surface area contributed by atoms with Crippen molar-refractivity contribution in [3.05, 3.63) is 0 Å². The molecule has 4 aliphatic rings. The van der Waals surface area contributed by atoms with Crippen LogP contribution in [0.25, 0.3) is 0 Å². The van der Waals surface area contributed by atoms with Crippen LogP contribution in [-0.4, -0.2) is 34.5 Å². The molecule has 0 spiro atoms. The van der Waals surface area contributed by atoms with E-state index in [2.05, 4.69) is 13.8 Å². The zero-order chi connectivity index (χ0) is 21.6. The molecular weight excluding hydrogens is 376 g/mol. The number of aliphatic hydroxyl groups is 2. The molecule has 172 valence electrons. The molecule has 10 atom stereocenters. The number of aliphatic hydroxyl groups excluding tert-OH is 2. The minimum Gasteiger partial charge on any atom is -0.463 e. The first-order valence-electron chi connectivity index (χ1n) is 12.8. The van der Waals surface area contributed by atoms with E-state index in [-0.39, 0.29) is 24.3 Å². The van der Waals surface area contributed by atoms with E-state index in [1.54, 1.807) is 0 Å². The Bertz CT molecular complexity index is 618. The Hall–Kier alpha value is -0.610. The van der Waals surface area contributed by atoms with E-state index in [1.165, 1.54) is 25.7 Å². The highest BCUT2D eigenvalue weighted by Crippen LogP contribution is 2.65. The van der Waals surface area contributed by atoms with Crippen molar-refractivity contribution in [2.75, 3.05) is 0 Å². The van der Waals surface area contributed by atoms with Gasteiger partial charge in [0.1, 0.15) is 0 Å². The summed E-state index contributed by atoms with van der Waals surface area (Å²) in [7, 11) is 0. The first-order valence-corrected chi connectivity index (χ1v) is 12.8. The number of ether oxygens (including phenoxy) is 1. The van der Waals surface area contributed by atoms with E-state index in [0.29, 0.717) is 53.3 Å². The summed E-state index contributed by atoms with van der Waals surface area (Å²) in [6.45, 7) is 8.66. The predicted molar refractivity (Wildman–Crippen MR) is 118 cm³/mol. The fraction of sp³-hybridized carbons (Fsp3) is 0.962. The Morgan fingerprint density at radius 1 is 1.03 bits per heavy atom. The van der Waals surface area contributed by atoms with E-state index in [4.69, 9.17) is 4.74 Å². The third-order valence-electron chi connectivity index (χ3n) is 9.87. The summed E-state index contributed by atoms with van der Waals surface area (Å²) in [5, 5.41) is 21.4. The molecule has 0 aromatic carbocycles. The van der Waals surface area contributed by atoms with Crippen molar-refractivity contribution in [2.24, 2.45) is 46.8 Å². The van der Waals surface area contributed by atoms with Crippen LogP contribution >= 0.6 is 0 Å². The van der Waals surface area contributed by atoms with E-state index in [9.17, 15) is 15.0 Å². The maximum atomic E-state index is 12.1. The molecule has 0 aromatic heterocycles. The number of carbonyl (C=O) groups is 1. The molecule has 0 heterocycles. The number of esters is 1. The Morgan fingerprint density at radius 2 is 1.80 bits per heavy atom. The van der Waals surface area contributed by atoms with Gasteiger partial charge in [-0.2, -0.15) is 0 Å². The van der Waals surface area contributed by atoms with Crippen LogP contribution in [0.4, 0.5) is 0 Å². The molecule has 30 heavy (non-hydrogen) atoms. The van der Waals surface area contributed by atoms with Crippen LogP contribution in [0.15, 0.2) is 0 Å². The van der Waals surface area contributed by atoms with Crippen LogP contribution in [0, 0.1) is 46.8 Å². The molecule has 4 heteroatoms. The number of rotatable bonds is 5. The highest BCUT2D eigenvalue weighted by atomic mass is 16.5. The van der Waals surface area contributed by atoms with Crippen molar-refractivity contribution in [1.29, 1.82) is 0 Å². The van der Waals surface area contributed by atoms with Gasteiger partial charge in [-0.3, -0.25) is 4.79 Å². The van der Waals surface area contributed by atoms with E-state index in [0.717, 1.165) is 32.1 Å². The monoisotopic (exact) mass is 420 g/mol. The topological polar surface area (TPSA) is 66.8 Å². The van der Waals surface area contributed by atoms with Crippen LogP contribution in [-0.2, 0) is 9.53 Å². The second-order valence-corrected chi connectivity index (χ2v) is 11.8. The normalized spacial score (nSPS) is 46.6. The van der Waals surface area contributed by atoms with Gasteiger partial charge in [0.05, 0.1) is 18.3 Å². The van der Waals surface area contributed by atoms with Gasteiger partial charge in [-0.05, 0) is 118 Å². The number of fused-ring (bicyclic) bond motifs is 5. The fourth-order valence-corrected chi connectivity index (χ4v) is 8.69. The van der Waals surface area contributed by atoms with Crippen molar-refractivity contribution in [2.45, 2.75) is 110 Å². The predicted octanol–water partition coefficient (Wildman–Crippen LogP) is 4.95. The molecule has 4 fully saturated rings. The first-order chi connectivity index (χ1) is 14.2. The lowest BCUT2D eigenvalue weighted by Crippen LogP contribution is -2.54. The van der Waals surface area contributed by atoms with Crippen LogP contribution in [0.1, 0.15) is 91.9 Å². The second kappa shape index (κ2) is 8.73. The fourth-order valence-electron chi connectivity index (χ4n) is 8.69. The van der Waals surface area contributed by atoms with E-state index < -0.39 is 0 Å². The zero-order valence-corrected chi connectivity index (χ0v) is 19.6. The van der Waals surface area contributed by atoms with Gasteiger partial charge in [-0.15, -0.1) is 0 Å². The van der Waals surface area contributed by atoms with Gasteiger partial charge in [0.15, 0.2) is 0 Å². The smallest absolute Gasteiger partial charge is 0.306 e. The Labute approximate surface area is 183 Å². The SMILES string of the molecule is CC(C)OC(=O)CC[C@@H](C)[C@H]1CC[C@H]2[C@H]3[C@H](CC[C@]12C)[C@H]1CC[C@@H](O)C[C@H]1C[C@@H]3O. The summed E-state index contributed by atoms with van der Waals surface area (Å²) in [5.74, 6) is 4.07. The van der Waals surface area contributed by atoms with Gasteiger partial charge in [-0.25, -0.2) is 0 Å². The highest BCUT2D eigenvalue weighted by molar-refractivity contribution is 5.69. The minimum atomic E-state index is -0.193. The maximum absolute atomic E-state index is 12.1. The Kier molecular flexibility index (Phi) is 6.57. The number of hydrogen-bond donors (Lipinski definition) is 2. The largest absolute Gasteiger partial charge is 0.463 e. The standard InChI is InChI=1S/C26H44O4/c1-15(2)30-24(29)10-5-16(3)21-8-9-22-25-20(11-12-26(21,22)4)19-7-6-18(27)13-17(19)14-23(25)28/h15-23,25,27-28H,5-14H2,1-4H3/t16-,17+,18-,19+,20-,21-,22+,23+,25-,26-/m1/s1. The van der Waals surface area contributed by atoms with Crippen LogP contribution in [0.2, 0.25) is 0 Å². The summed E-state index contributed by atoms with van der Waals surface area (Å²) in [6, 6.07) is 0. The van der Waals surface area contributed by atoms with Crippen molar-refractivity contribution in [1.82, 2.24) is 0 Å². The molecule has 0 aromatic rings. The van der Waals surface area contributed by atoms with Gasteiger partial charge in [0, 0.05) is 6.42 Å². The Morgan fingerprint density at radius 3 is 2.53 bits per heavy atom. The summed E-state index contributed by atoms with van der Waals surface area (Å²) in [6.07, 6.45) is 9.95. The molecule has 4 rings (SSSR count).